The monoisotopic (exact) mass is 661 g/mol. The number of benzene rings is 2. The van der Waals surface area contributed by atoms with E-state index in [1.165, 1.54) is 37.4 Å². The first-order valence-electron chi connectivity index (χ1n) is 11.8. The van der Waals surface area contributed by atoms with E-state index < -0.39 is 71.8 Å². The van der Waals surface area contributed by atoms with Crippen molar-refractivity contribution in [3.05, 3.63) is 59.7 Å². The number of hydrogen-bond acceptors (Lipinski definition) is 2. The van der Waals surface area contributed by atoms with Gasteiger partial charge in [0.2, 0.25) is 0 Å². The number of methoxy groups -OCH3 is 1. The van der Waals surface area contributed by atoms with Crippen molar-refractivity contribution in [2.45, 2.75) is 55.1 Å². The van der Waals surface area contributed by atoms with Crippen LogP contribution in [0.15, 0.2) is 48.5 Å². The number of para-hydroxylation sites is 1. The first kappa shape index (κ1) is 36.4. The number of carbonyl (C=O) groups excluding carboxylic acids is 1. The summed E-state index contributed by atoms with van der Waals surface area (Å²) in [6, 6.07) is 9.70. The predicted molar refractivity (Wildman–Crippen MR) is 124 cm³/mol. The zero-order valence-corrected chi connectivity index (χ0v) is 22.0. The number of anilines is 1. The van der Waals surface area contributed by atoms with Gasteiger partial charge >= 0.3 is 47.6 Å². The number of hydrogen-bond donors (Lipinski definition) is 0. The third-order valence-electron chi connectivity index (χ3n) is 5.92. The Kier molecular flexibility index (Phi) is 9.89. The van der Waals surface area contributed by atoms with Gasteiger partial charge in [0.1, 0.15) is 5.75 Å². The Morgan fingerprint density at radius 3 is 1.64 bits per heavy atom. The van der Waals surface area contributed by atoms with E-state index in [9.17, 15) is 70.7 Å². The first-order chi connectivity index (χ1) is 19.9. The highest BCUT2D eigenvalue weighted by Gasteiger charge is 2.94. The number of halogens is 15. The molecular formula is C26H18F15NO2. The van der Waals surface area contributed by atoms with Gasteiger partial charge in [-0.2, -0.15) is 65.9 Å². The molecular weight excluding hydrogens is 643 g/mol. The van der Waals surface area contributed by atoms with E-state index in [4.69, 9.17) is 4.74 Å². The van der Waals surface area contributed by atoms with Crippen LogP contribution in [0.4, 0.5) is 71.5 Å². The van der Waals surface area contributed by atoms with Crippen molar-refractivity contribution in [2.24, 2.45) is 0 Å². The molecule has 2 aromatic carbocycles. The summed E-state index contributed by atoms with van der Waals surface area (Å²) in [5.41, 5.74) is -0.957. The Hall–Kier alpha value is -3.78. The quantitative estimate of drug-likeness (QED) is 0.190. The van der Waals surface area contributed by atoms with Crippen molar-refractivity contribution in [3.63, 3.8) is 0 Å². The number of carbonyl (C=O) groups is 1. The van der Waals surface area contributed by atoms with Gasteiger partial charge < -0.3 is 9.64 Å². The van der Waals surface area contributed by atoms with Gasteiger partial charge in [-0.25, -0.2) is 0 Å². The van der Waals surface area contributed by atoms with Crippen molar-refractivity contribution >= 4 is 11.6 Å². The summed E-state index contributed by atoms with van der Waals surface area (Å²) in [5, 5.41) is 0. The normalized spacial score (nSPS) is 13.7. The average Bonchev–Trinajstić information content (AvgIpc) is 2.93. The summed E-state index contributed by atoms with van der Waals surface area (Å²) in [7, 11) is 1.34. The third kappa shape index (κ3) is 5.84. The minimum absolute atomic E-state index is 0.240. The largest absolute Gasteiger partial charge is 0.497 e. The third-order valence-corrected chi connectivity index (χ3v) is 5.92. The SMILES string of the molecule is CCCN(C(=O)C(F)(F)C(F)(F)C(F)(F)C(F)(F)C(F)(F)C(F)(F)C(F)(F)F)c1ccccc1C#Cc1ccc(OC)cc1. The van der Waals surface area contributed by atoms with Gasteiger partial charge in [-0.1, -0.05) is 30.9 Å². The zero-order valence-electron chi connectivity index (χ0n) is 22.0. The molecule has 0 saturated heterocycles. The molecule has 44 heavy (non-hydrogen) atoms. The molecule has 0 N–H and O–H groups in total. The summed E-state index contributed by atoms with van der Waals surface area (Å²) in [5.74, 6) is -46.6. The van der Waals surface area contributed by atoms with Crippen LogP contribution in [0, 0.1) is 11.8 Å². The molecule has 0 aliphatic carbocycles. The molecule has 0 heterocycles. The van der Waals surface area contributed by atoms with E-state index >= 15 is 0 Å². The van der Waals surface area contributed by atoms with Crippen LogP contribution >= 0.6 is 0 Å². The van der Waals surface area contributed by atoms with Crippen LogP contribution in [0.25, 0.3) is 0 Å². The molecule has 3 nitrogen and oxygen atoms in total. The van der Waals surface area contributed by atoms with E-state index in [1.54, 1.807) is 0 Å². The van der Waals surface area contributed by atoms with Gasteiger partial charge in [-0.15, -0.1) is 0 Å². The molecule has 0 spiro atoms. The molecule has 244 valence electrons. The lowest BCUT2D eigenvalue weighted by atomic mass is 9.90. The number of amides is 1. The lowest BCUT2D eigenvalue weighted by Gasteiger charge is -2.41. The van der Waals surface area contributed by atoms with Gasteiger partial charge in [0.15, 0.2) is 0 Å². The first-order valence-corrected chi connectivity index (χ1v) is 11.8. The number of alkyl halides is 15. The second kappa shape index (κ2) is 12.0. The van der Waals surface area contributed by atoms with E-state index in [0.29, 0.717) is 5.75 Å². The van der Waals surface area contributed by atoms with Gasteiger partial charge in [-0.3, -0.25) is 4.79 Å². The summed E-state index contributed by atoms with van der Waals surface area (Å²) < 4.78 is 210. The highest BCUT2D eigenvalue weighted by atomic mass is 19.4. The molecule has 0 saturated carbocycles. The topological polar surface area (TPSA) is 29.5 Å². The van der Waals surface area contributed by atoms with Gasteiger partial charge in [-0.05, 0) is 42.8 Å². The highest BCUT2D eigenvalue weighted by Crippen LogP contribution is 2.62. The molecule has 0 atom stereocenters. The molecule has 0 unspecified atom stereocenters. The highest BCUT2D eigenvalue weighted by molar-refractivity contribution is 6.00. The molecule has 1 amide bonds. The molecule has 0 fully saturated rings. The molecule has 0 bridgehead atoms. The van der Waals surface area contributed by atoms with Crippen LogP contribution in [0.2, 0.25) is 0 Å². The Balaban J connectivity index is 2.64. The minimum Gasteiger partial charge on any atom is -0.497 e. The fourth-order valence-electron chi connectivity index (χ4n) is 3.45. The van der Waals surface area contributed by atoms with Crippen LogP contribution in [0.5, 0.6) is 5.75 Å². The Morgan fingerprint density at radius 2 is 1.16 bits per heavy atom. The molecule has 0 radical (unpaired) electrons. The maximum Gasteiger partial charge on any atom is 0.460 e. The van der Waals surface area contributed by atoms with Crippen molar-refractivity contribution in [1.82, 2.24) is 0 Å². The van der Waals surface area contributed by atoms with E-state index in [0.717, 1.165) is 25.1 Å². The lowest BCUT2D eigenvalue weighted by Crippen LogP contribution is -2.74. The van der Waals surface area contributed by atoms with E-state index in [2.05, 4.69) is 11.8 Å². The second-order valence-electron chi connectivity index (χ2n) is 8.90. The predicted octanol–water partition coefficient (Wildman–Crippen LogP) is 8.21. The van der Waals surface area contributed by atoms with Crippen LogP contribution in [-0.2, 0) is 4.79 Å². The zero-order chi connectivity index (χ0) is 34.2. The van der Waals surface area contributed by atoms with Crippen LogP contribution in [0.3, 0.4) is 0 Å². The van der Waals surface area contributed by atoms with Crippen LogP contribution < -0.4 is 9.64 Å². The molecule has 2 aromatic rings. The fraction of sp³-hybridized carbons (Fsp3) is 0.423. The Labute approximate surface area is 238 Å². The molecule has 2 rings (SSSR count). The second-order valence-corrected chi connectivity index (χ2v) is 8.90. The maximum absolute atomic E-state index is 14.8. The molecule has 0 aromatic heterocycles. The number of ether oxygens (including phenoxy) is 1. The van der Waals surface area contributed by atoms with Crippen molar-refractivity contribution < 1.29 is 75.4 Å². The molecule has 18 heteroatoms. The summed E-state index contributed by atoms with van der Waals surface area (Å²) >= 11 is 0. The summed E-state index contributed by atoms with van der Waals surface area (Å²) in [6.45, 7) is 0.112. The van der Waals surface area contributed by atoms with E-state index in [1.807, 2.05) is 0 Å². The van der Waals surface area contributed by atoms with Crippen molar-refractivity contribution in [3.8, 4) is 17.6 Å². The smallest absolute Gasteiger partial charge is 0.460 e. The fourth-order valence-corrected chi connectivity index (χ4v) is 3.45. The number of nitrogens with zero attached hydrogens (tertiary/aromatic N) is 1. The van der Waals surface area contributed by atoms with Crippen molar-refractivity contribution in [2.75, 3.05) is 18.6 Å². The summed E-state index contributed by atoms with van der Waals surface area (Å²) in [4.78, 5) is 12.3. The van der Waals surface area contributed by atoms with Crippen LogP contribution in [0.1, 0.15) is 24.5 Å². The Bertz CT molecular complexity index is 1390. The average molecular weight is 661 g/mol. The standard InChI is InChI=1S/C26H18F15NO2/c1-3-14-42(18-7-5-4-6-16(18)11-8-15-9-12-17(44-2)13-10-15)19(43)20(27,28)21(29,30)22(31,32)23(33,34)24(35,36)25(37,38)26(39,40)41/h4-7,9-10,12-13H,3,14H2,1-2H3. The Morgan fingerprint density at radius 1 is 0.682 bits per heavy atom. The summed E-state index contributed by atoms with van der Waals surface area (Å²) in [6.07, 6.45) is -8.13. The van der Waals surface area contributed by atoms with Crippen molar-refractivity contribution in [1.29, 1.82) is 0 Å². The van der Waals surface area contributed by atoms with E-state index in [-0.39, 0.29) is 10.5 Å². The van der Waals surface area contributed by atoms with Gasteiger partial charge in [0.05, 0.1) is 12.8 Å². The number of rotatable bonds is 10. The molecule has 0 aliphatic rings. The minimum atomic E-state index is -8.50. The van der Waals surface area contributed by atoms with Gasteiger partial charge in [0.25, 0.3) is 0 Å². The maximum atomic E-state index is 14.8. The lowest BCUT2D eigenvalue weighted by molar-refractivity contribution is -0.449. The van der Waals surface area contributed by atoms with Gasteiger partial charge in [0, 0.05) is 17.7 Å². The van der Waals surface area contributed by atoms with Crippen LogP contribution in [-0.4, -0.2) is 61.3 Å². The molecule has 0 aliphatic heterocycles.